The SMILES string of the molecule is N#Cc1cccc(-c2cc(-n3c4cc(-c5cccc(C#N)c5)ccc4c4ccc(-c5cccc(C#N)c5)cc43)c(C(F)(F)F)c(-n3c4cc(-c5cccc(C#N)c5)ccc4c4ccc(-c5cccc(C#N)c5)cc43)c2)c1. The van der Waals surface area contributed by atoms with Gasteiger partial charge in [-0.05, 0) is 153 Å². The van der Waals surface area contributed by atoms with Crippen LogP contribution >= 0.6 is 0 Å². The van der Waals surface area contributed by atoms with Crippen LogP contribution in [-0.2, 0) is 6.18 Å². The summed E-state index contributed by atoms with van der Waals surface area (Å²) in [6, 6.07) is 71.7. The van der Waals surface area contributed by atoms with Crippen molar-refractivity contribution in [3.63, 3.8) is 0 Å². The van der Waals surface area contributed by atoms with Gasteiger partial charge in [0.15, 0.2) is 0 Å². The number of hydrogen-bond donors (Lipinski definition) is 0. The number of alkyl halides is 3. The number of nitriles is 5. The first kappa shape index (κ1) is 46.1. The molecule has 10 aromatic carbocycles. The first-order chi connectivity index (χ1) is 37.0. The second-order valence-corrected chi connectivity index (χ2v) is 18.4. The van der Waals surface area contributed by atoms with Gasteiger partial charge < -0.3 is 9.13 Å². The average molecular weight is 982 g/mol. The van der Waals surface area contributed by atoms with Gasteiger partial charge in [0.2, 0.25) is 0 Å². The molecule has 0 bridgehead atoms. The molecule has 10 heteroatoms. The minimum Gasteiger partial charge on any atom is -0.308 e. The van der Waals surface area contributed by atoms with E-state index < -0.39 is 11.7 Å². The van der Waals surface area contributed by atoms with Gasteiger partial charge in [-0.3, -0.25) is 0 Å². The highest BCUT2D eigenvalue weighted by atomic mass is 19.4. The summed E-state index contributed by atoms with van der Waals surface area (Å²) in [5.74, 6) is 0. The number of rotatable bonds is 7. The third-order valence-electron chi connectivity index (χ3n) is 14.0. The van der Waals surface area contributed by atoms with Crippen molar-refractivity contribution in [2.24, 2.45) is 0 Å². The van der Waals surface area contributed by atoms with E-state index in [9.17, 15) is 26.3 Å². The van der Waals surface area contributed by atoms with E-state index in [1.807, 2.05) is 97.1 Å². The molecule has 2 heterocycles. The number of fused-ring (bicyclic) bond motifs is 6. The van der Waals surface area contributed by atoms with Crippen molar-refractivity contribution in [3.05, 3.63) is 240 Å². The quantitative estimate of drug-likeness (QED) is 0.157. The number of hydrogen-bond acceptors (Lipinski definition) is 5. The maximum absolute atomic E-state index is 17.3. The molecule has 0 N–H and O–H groups in total. The molecule has 7 nitrogen and oxygen atoms in total. The van der Waals surface area contributed by atoms with Crippen LogP contribution in [-0.4, -0.2) is 9.13 Å². The Morgan fingerprint density at radius 2 is 0.513 bits per heavy atom. The Hall–Kier alpha value is -11.0. The van der Waals surface area contributed by atoms with Gasteiger partial charge in [-0.15, -0.1) is 0 Å². The van der Waals surface area contributed by atoms with E-state index in [1.54, 1.807) is 118 Å². The van der Waals surface area contributed by atoms with Crippen molar-refractivity contribution in [1.29, 1.82) is 26.3 Å². The summed E-state index contributed by atoms with van der Waals surface area (Å²) in [7, 11) is 0. The summed E-state index contributed by atoms with van der Waals surface area (Å²) in [5.41, 5.74) is 8.87. The average Bonchev–Trinajstić information content (AvgIpc) is 4.16. The molecule has 0 atom stereocenters. The summed E-state index contributed by atoms with van der Waals surface area (Å²) in [4.78, 5) is 0. The second kappa shape index (κ2) is 18.3. The molecular formula is C66H34F3N7. The first-order valence-electron chi connectivity index (χ1n) is 24.0. The van der Waals surface area contributed by atoms with Gasteiger partial charge in [-0.1, -0.05) is 109 Å². The second-order valence-electron chi connectivity index (χ2n) is 18.4. The highest BCUT2D eigenvalue weighted by Crippen LogP contribution is 2.48. The highest BCUT2D eigenvalue weighted by Gasteiger charge is 2.40. The number of halogens is 3. The Bertz CT molecular complexity index is 4170. The normalized spacial score (nSPS) is 11.3. The molecule has 2 aromatic heterocycles. The first-order valence-corrected chi connectivity index (χ1v) is 24.0. The van der Waals surface area contributed by atoms with Crippen molar-refractivity contribution >= 4 is 43.6 Å². The van der Waals surface area contributed by atoms with Gasteiger partial charge in [0.25, 0.3) is 0 Å². The van der Waals surface area contributed by atoms with Gasteiger partial charge in [-0.25, -0.2) is 0 Å². The molecule has 0 aliphatic heterocycles. The van der Waals surface area contributed by atoms with Crippen molar-refractivity contribution in [2.45, 2.75) is 6.18 Å². The van der Waals surface area contributed by atoms with Crippen LogP contribution in [0.3, 0.4) is 0 Å². The third kappa shape index (κ3) is 7.92. The molecule has 0 fully saturated rings. The maximum Gasteiger partial charge on any atom is 0.420 e. The molecule has 0 aliphatic carbocycles. The molecule has 0 saturated heterocycles. The lowest BCUT2D eigenvalue weighted by molar-refractivity contribution is -0.137. The Morgan fingerprint density at radius 3 is 0.750 bits per heavy atom. The van der Waals surface area contributed by atoms with E-state index >= 15 is 13.2 Å². The Labute approximate surface area is 433 Å². The largest absolute Gasteiger partial charge is 0.420 e. The summed E-state index contributed by atoms with van der Waals surface area (Å²) in [6.45, 7) is 0. The molecule has 0 saturated carbocycles. The minimum absolute atomic E-state index is 0.195. The summed E-state index contributed by atoms with van der Waals surface area (Å²) in [6.07, 6.45) is -5.03. The summed E-state index contributed by atoms with van der Waals surface area (Å²) in [5, 5.41) is 52.4. The Morgan fingerprint density at radius 1 is 0.276 bits per heavy atom. The lowest BCUT2D eigenvalue weighted by Crippen LogP contribution is -2.16. The lowest BCUT2D eigenvalue weighted by atomic mass is 9.97. The van der Waals surface area contributed by atoms with Crippen LogP contribution in [0.4, 0.5) is 13.2 Å². The molecule has 0 amide bonds. The van der Waals surface area contributed by atoms with E-state index in [1.165, 1.54) is 0 Å². The fourth-order valence-electron chi connectivity index (χ4n) is 10.5. The molecule has 0 aliphatic rings. The summed E-state index contributed by atoms with van der Waals surface area (Å²) >= 11 is 0. The van der Waals surface area contributed by atoms with Gasteiger partial charge in [0.05, 0.1) is 91.6 Å². The summed E-state index contributed by atoms with van der Waals surface area (Å²) < 4.78 is 55.1. The van der Waals surface area contributed by atoms with Gasteiger partial charge >= 0.3 is 6.18 Å². The van der Waals surface area contributed by atoms with E-state index in [4.69, 9.17) is 0 Å². The zero-order chi connectivity index (χ0) is 52.2. The topological polar surface area (TPSA) is 129 Å². The zero-order valence-electron chi connectivity index (χ0n) is 39.9. The molecule has 12 rings (SSSR count). The minimum atomic E-state index is -5.03. The Balaban J connectivity index is 1.26. The molecule has 12 aromatic rings. The fourth-order valence-corrected chi connectivity index (χ4v) is 10.5. The van der Waals surface area contributed by atoms with Crippen LogP contribution in [0.5, 0.6) is 0 Å². The van der Waals surface area contributed by atoms with Crippen molar-refractivity contribution in [2.75, 3.05) is 0 Å². The fraction of sp³-hybridized carbons (Fsp3) is 0.0152. The maximum atomic E-state index is 17.3. The van der Waals surface area contributed by atoms with E-state index in [0.717, 1.165) is 0 Å². The lowest BCUT2D eigenvalue weighted by Gasteiger charge is -2.23. The van der Waals surface area contributed by atoms with Crippen molar-refractivity contribution < 1.29 is 13.2 Å². The van der Waals surface area contributed by atoms with Crippen LogP contribution in [0.15, 0.2) is 206 Å². The molecular weight excluding hydrogens is 948 g/mol. The monoisotopic (exact) mass is 981 g/mol. The van der Waals surface area contributed by atoms with Crippen molar-refractivity contribution in [1.82, 2.24) is 9.13 Å². The van der Waals surface area contributed by atoms with Crippen LogP contribution in [0.2, 0.25) is 0 Å². The third-order valence-corrected chi connectivity index (χ3v) is 14.0. The van der Waals surface area contributed by atoms with Crippen LogP contribution in [0.1, 0.15) is 33.4 Å². The van der Waals surface area contributed by atoms with Crippen LogP contribution in [0.25, 0.3) is 111 Å². The number of benzene rings is 10. The van der Waals surface area contributed by atoms with Crippen molar-refractivity contribution in [3.8, 4) is 97.4 Å². The van der Waals surface area contributed by atoms with E-state index in [2.05, 4.69) is 30.3 Å². The van der Waals surface area contributed by atoms with Gasteiger partial charge in [0, 0.05) is 21.5 Å². The van der Waals surface area contributed by atoms with E-state index in [0.29, 0.717) is 127 Å². The smallest absolute Gasteiger partial charge is 0.308 e. The molecule has 0 unspecified atom stereocenters. The highest BCUT2D eigenvalue weighted by molar-refractivity contribution is 6.13. The number of nitrogens with zero attached hydrogens (tertiary/aromatic N) is 7. The molecule has 0 radical (unpaired) electrons. The predicted octanol–water partition coefficient (Wildman–Crippen LogP) is 16.6. The number of aromatic nitrogens is 2. The Kier molecular flexibility index (Phi) is 11.1. The molecule has 0 spiro atoms. The van der Waals surface area contributed by atoms with Gasteiger partial charge in [-0.2, -0.15) is 39.5 Å². The van der Waals surface area contributed by atoms with Gasteiger partial charge in [0.1, 0.15) is 5.56 Å². The van der Waals surface area contributed by atoms with E-state index in [-0.39, 0.29) is 11.4 Å². The zero-order valence-corrected chi connectivity index (χ0v) is 39.9. The molecule has 76 heavy (non-hydrogen) atoms. The molecule has 354 valence electrons. The van der Waals surface area contributed by atoms with Crippen LogP contribution in [0, 0.1) is 56.7 Å². The predicted molar refractivity (Wildman–Crippen MR) is 291 cm³/mol. The van der Waals surface area contributed by atoms with Crippen LogP contribution < -0.4 is 0 Å². The standard InChI is InChI=1S/C66H34F3N7/c67-66(68,69)65-63(75-59-29-50(45-11-1-6-40(24-45)35-70)16-20-55(59)56-21-17-51(30-60(56)75)46-12-2-7-41(25-46)36-71)33-54(49-15-5-10-44(28-49)39-74)34-64(65)76-61-31-52(47-13-3-8-42(26-47)37-72)18-22-57(61)58-23-19-53(32-62(58)76)48-14-4-9-43(27-48)38-73/h1-34H.